The molecule has 0 spiro atoms. The molecule has 0 saturated carbocycles. The number of rotatable bonds is 3. The van der Waals surface area contributed by atoms with Crippen LogP contribution >= 0.6 is 0 Å². The predicted octanol–water partition coefficient (Wildman–Crippen LogP) is 3.45. The Morgan fingerprint density at radius 1 is 1.26 bits per heavy atom. The van der Waals surface area contributed by atoms with E-state index < -0.39 is 0 Å². The van der Waals surface area contributed by atoms with Gasteiger partial charge in [0.1, 0.15) is 11.9 Å². The molecule has 0 radical (unpaired) electrons. The lowest BCUT2D eigenvalue weighted by atomic mass is 10.1. The Morgan fingerprint density at radius 3 is 2.68 bits per heavy atom. The Bertz CT molecular complexity index is 632. The highest BCUT2D eigenvalue weighted by molar-refractivity contribution is 5.63. The molecule has 3 N–H and O–H groups in total. The van der Waals surface area contributed by atoms with E-state index in [1.807, 2.05) is 19.1 Å². The highest BCUT2D eigenvalue weighted by Gasteiger charge is 2.07. The van der Waals surface area contributed by atoms with Crippen LogP contribution < -0.4 is 11.1 Å². The van der Waals surface area contributed by atoms with Gasteiger partial charge < -0.3 is 11.1 Å². The minimum absolute atomic E-state index is 0.0527. The lowest BCUT2D eigenvalue weighted by Gasteiger charge is -2.16. The molecule has 2 aromatic rings. The third-order valence-electron chi connectivity index (χ3n) is 2.90. The van der Waals surface area contributed by atoms with Crippen LogP contribution in [0.15, 0.2) is 42.5 Å². The number of hydrogen-bond acceptors (Lipinski definition) is 3. The number of nitrogens with zero attached hydrogens (tertiary/aromatic N) is 1. The van der Waals surface area contributed by atoms with Crippen molar-refractivity contribution in [2.24, 2.45) is 0 Å². The van der Waals surface area contributed by atoms with Crippen LogP contribution in [0.25, 0.3) is 0 Å². The molecular weight excluding hydrogens is 241 g/mol. The zero-order valence-corrected chi connectivity index (χ0v) is 10.5. The average molecular weight is 255 g/mol. The fourth-order valence-electron chi connectivity index (χ4n) is 1.86. The summed E-state index contributed by atoms with van der Waals surface area (Å²) >= 11 is 0. The van der Waals surface area contributed by atoms with E-state index in [2.05, 4.69) is 5.32 Å². The van der Waals surface area contributed by atoms with E-state index >= 15 is 0 Å². The molecule has 3 nitrogen and oxygen atoms in total. The second-order valence-electron chi connectivity index (χ2n) is 4.33. The van der Waals surface area contributed by atoms with Crippen LogP contribution in [0.5, 0.6) is 0 Å². The normalized spacial score (nSPS) is 11.6. The minimum atomic E-state index is -0.259. The molecule has 0 aliphatic heterocycles. The standard InChI is InChI=1S/C15H14FN3/c1-10(11-3-2-4-13(16)7-11)19-14-6-5-12(9-17)15(18)8-14/h2-8,10,19H,18H2,1H3. The Labute approximate surface area is 111 Å². The van der Waals surface area contributed by atoms with Crippen molar-refractivity contribution in [2.75, 3.05) is 11.1 Å². The third-order valence-corrected chi connectivity index (χ3v) is 2.90. The molecule has 0 aliphatic carbocycles. The number of nitriles is 1. The summed E-state index contributed by atoms with van der Waals surface area (Å²) in [6, 6.07) is 13.5. The van der Waals surface area contributed by atoms with Crippen molar-refractivity contribution in [2.45, 2.75) is 13.0 Å². The molecule has 0 saturated heterocycles. The first-order chi connectivity index (χ1) is 9.10. The molecule has 0 fully saturated rings. The highest BCUT2D eigenvalue weighted by atomic mass is 19.1. The zero-order chi connectivity index (χ0) is 13.8. The SMILES string of the molecule is CC(Nc1ccc(C#N)c(N)c1)c1cccc(F)c1. The van der Waals surface area contributed by atoms with Crippen LogP contribution in [0.3, 0.4) is 0 Å². The molecular formula is C15H14FN3. The van der Waals surface area contributed by atoms with Crippen LogP contribution in [-0.4, -0.2) is 0 Å². The number of halogens is 1. The molecule has 1 atom stereocenters. The summed E-state index contributed by atoms with van der Waals surface area (Å²) in [5.74, 6) is -0.259. The quantitative estimate of drug-likeness (QED) is 0.826. The number of nitrogens with one attached hydrogen (secondary N) is 1. The minimum Gasteiger partial charge on any atom is -0.398 e. The maximum absolute atomic E-state index is 13.1. The molecule has 19 heavy (non-hydrogen) atoms. The molecule has 0 aliphatic rings. The van der Waals surface area contributed by atoms with Crippen molar-refractivity contribution < 1.29 is 4.39 Å². The van der Waals surface area contributed by atoms with Gasteiger partial charge in [0.2, 0.25) is 0 Å². The molecule has 0 amide bonds. The summed E-state index contributed by atoms with van der Waals surface area (Å²) in [5.41, 5.74) is 8.27. The number of nitrogens with two attached hydrogens (primary N) is 1. The second kappa shape index (κ2) is 5.40. The number of hydrogen-bond donors (Lipinski definition) is 2. The smallest absolute Gasteiger partial charge is 0.123 e. The molecule has 4 heteroatoms. The third kappa shape index (κ3) is 3.02. The first kappa shape index (κ1) is 12.9. The van der Waals surface area contributed by atoms with Gasteiger partial charge in [0.15, 0.2) is 0 Å². The van der Waals surface area contributed by atoms with E-state index in [1.54, 1.807) is 24.3 Å². The van der Waals surface area contributed by atoms with Crippen LogP contribution in [0.1, 0.15) is 24.1 Å². The summed E-state index contributed by atoms with van der Waals surface area (Å²) in [5, 5.41) is 12.0. The summed E-state index contributed by atoms with van der Waals surface area (Å²) in [6.45, 7) is 1.93. The van der Waals surface area contributed by atoms with Crippen molar-refractivity contribution in [3.63, 3.8) is 0 Å². The molecule has 2 rings (SSSR count). The molecule has 0 bridgehead atoms. The maximum atomic E-state index is 13.1. The maximum Gasteiger partial charge on any atom is 0.123 e. The van der Waals surface area contributed by atoms with Gasteiger partial charge in [-0.25, -0.2) is 4.39 Å². The Kier molecular flexibility index (Phi) is 3.67. The average Bonchev–Trinajstić information content (AvgIpc) is 2.39. The second-order valence-corrected chi connectivity index (χ2v) is 4.33. The van der Waals surface area contributed by atoms with Crippen molar-refractivity contribution >= 4 is 11.4 Å². The monoisotopic (exact) mass is 255 g/mol. The Morgan fingerprint density at radius 2 is 2.05 bits per heavy atom. The Hall–Kier alpha value is -2.54. The number of anilines is 2. The van der Waals surface area contributed by atoms with E-state index in [1.165, 1.54) is 12.1 Å². The molecule has 0 aromatic heterocycles. The number of benzene rings is 2. The van der Waals surface area contributed by atoms with Crippen LogP contribution in [0, 0.1) is 17.1 Å². The highest BCUT2D eigenvalue weighted by Crippen LogP contribution is 2.23. The fourth-order valence-corrected chi connectivity index (χ4v) is 1.86. The van der Waals surface area contributed by atoms with E-state index in [0.29, 0.717) is 11.3 Å². The van der Waals surface area contributed by atoms with E-state index in [-0.39, 0.29) is 11.9 Å². The van der Waals surface area contributed by atoms with Crippen molar-refractivity contribution in [1.82, 2.24) is 0 Å². The van der Waals surface area contributed by atoms with Crippen molar-refractivity contribution in [1.29, 1.82) is 5.26 Å². The van der Waals surface area contributed by atoms with Crippen LogP contribution in [-0.2, 0) is 0 Å². The van der Waals surface area contributed by atoms with E-state index in [4.69, 9.17) is 11.0 Å². The Balaban J connectivity index is 2.17. The van der Waals surface area contributed by atoms with Gasteiger partial charge in [-0.05, 0) is 42.8 Å². The van der Waals surface area contributed by atoms with Gasteiger partial charge in [-0.1, -0.05) is 12.1 Å². The first-order valence-electron chi connectivity index (χ1n) is 5.92. The van der Waals surface area contributed by atoms with Crippen LogP contribution in [0.4, 0.5) is 15.8 Å². The van der Waals surface area contributed by atoms with E-state index in [9.17, 15) is 4.39 Å². The van der Waals surface area contributed by atoms with Gasteiger partial charge in [-0.3, -0.25) is 0 Å². The summed E-state index contributed by atoms with van der Waals surface area (Å²) in [4.78, 5) is 0. The van der Waals surface area contributed by atoms with Crippen LogP contribution in [0.2, 0.25) is 0 Å². The first-order valence-corrected chi connectivity index (χ1v) is 5.92. The topological polar surface area (TPSA) is 61.8 Å². The summed E-state index contributed by atoms with van der Waals surface area (Å²) in [7, 11) is 0. The van der Waals surface area contributed by atoms with E-state index in [0.717, 1.165) is 11.3 Å². The van der Waals surface area contributed by atoms with Crippen molar-refractivity contribution in [3.8, 4) is 6.07 Å². The summed E-state index contributed by atoms with van der Waals surface area (Å²) < 4.78 is 13.1. The van der Waals surface area contributed by atoms with Gasteiger partial charge in [-0.2, -0.15) is 5.26 Å². The van der Waals surface area contributed by atoms with Gasteiger partial charge in [0.25, 0.3) is 0 Å². The molecule has 2 aromatic carbocycles. The summed E-state index contributed by atoms with van der Waals surface area (Å²) in [6.07, 6.45) is 0. The van der Waals surface area contributed by atoms with Crippen molar-refractivity contribution in [3.05, 3.63) is 59.4 Å². The molecule has 96 valence electrons. The predicted molar refractivity (Wildman–Crippen MR) is 74.0 cm³/mol. The molecule has 1 unspecified atom stereocenters. The zero-order valence-electron chi connectivity index (χ0n) is 10.5. The lowest BCUT2D eigenvalue weighted by Crippen LogP contribution is -2.07. The van der Waals surface area contributed by atoms with Gasteiger partial charge >= 0.3 is 0 Å². The molecule has 0 heterocycles. The van der Waals surface area contributed by atoms with Gasteiger partial charge in [0, 0.05) is 11.7 Å². The van der Waals surface area contributed by atoms with Gasteiger partial charge in [-0.15, -0.1) is 0 Å². The lowest BCUT2D eigenvalue weighted by molar-refractivity contribution is 0.623. The fraction of sp³-hybridized carbons (Fsp3) is 0.133. The van der Waals surface area contributed by atoms with Gasteiger partial charge in [0.05, 0.1) is 11.3 Å². The number of nitrogen functional groups attached to an aromatic ring is 1. The largest absolute Gasteiger partial charge is 0.398 e.